The Labute approximate surface area is 159 Å². The Kier molecular flexibility index (Phi) is 4.29. The van der Waals surface area contributed by atoms with Crippen LogP contribution in [0, 0.1) is 0 Å². The quantitative estimate of drug-likeness (QED) is 0.688. The molecule has 0 aliphatic carbocycles. The molecule has 0 saturated carbocycles. The second-order valence-corrected chi connectivity index (χ2v) is 7.11. The zero-order valence-electron chi connectivity index (χ0n) is 14.5. The van der Waals surface area contributed by atoms with Gasteiger partial charge < -0.3 is 15.6 Å². The number of aryl methyl sites for hydroxylation is 1. The first-order valence-electron chi connectivity index (χ1n) is 8.25. The molecule has 0 radical (unpaired) electrons. The van der Waals surface area contributed by atoms with Crippen LogP contribution in [0.5, 0.6) is 0 Å². The number of nitrogens with zero attached hydrogens (tertiary/aromatic N) is 2. The highest BCUT2D eigenvalue weighted by Gasteiger charge is 2.24. The Morgan fingerprint density at radius 2 is 1.93 bits per heavy atom. The number of amides is 2. The van der Waals surface area contributed by atoms with Crippen LogP contribution in [0.2, 0.25) is 0 Å². The molecule has 27 heavy (non-hydrogen) atoms. The van der Waals surface area contributed by atoms with Gasteiger partial charge in [-0.25, -0.2) is 4.99 Å². The lowest BCUT2D eigenvalue weighted by atomic mass is 10.1. The average molecular weight is 376 g/mol. The number of benzene rings is 2. The number of fused-ring (bicyclic) bond motifs is 1. The van der Waals surface area contributed by atoms with Crippen LogP contribution in [0.4, 0.5) is 5.69 Å². The summed E-state index contributed by atoms with van der Waals surface area (Å²) in [7, 11) is 1.97. The van der Waals surface area contributed by atoms with Crippen LogP contribution >= 0.6 is 11.8 Å². The number of para-hydroxylation sites is 2. The molecule has 1 aliphatic heterocycles. The van der Waals surface area contributed by atoms with Gasteiger partial charge in [0.15, 0.2) is 5.17 Å². The van der Waals surface area contributed by atoms with Crippen molar-refractivity contribution in [3.63, 3.8) is 0 Å². The predicted molar refractivity (Wildman–Crippen MR) is 109 cm³/mol. The number of carbonyl (C=O) groups is 2. The summed E-state index contributed by atoms with van der Waals surface area (Å²) >= 11 is 1.24. The third kappa shape index (κ3) is 3.24. The number of carbonyl (C=O) groups excluding carboxylic acids is 2. The van der Waals surface area contributed by atoms with E-state index >= 15 is 0 Å². The van der Waals surface area contributed by atoms with Crippen molar-refractivity contribution in [2.45, 2.75) is 0 Å². The number of hydrogen-bond acceptors (Lipinski definition) is 4. The van der Waals surface area contributed by atoms with Crippen LogP contribution in [-0.4, -0.2) is 21.5 Å². The smallest absolute Gasteiger partial charge is 0.264 e. The van der Waals surface area contributed by atoms with Crippen LogP contribution in [0.3, 0.4) is 0 Å². The molecular weight excluding hydrogens is 360 g/mol. The number of rotatable bonds is 3. The second kappa shape index (κ2) is 6.77. The normalized spacial score (nSPS) is 17.0. The molecule has 1 aromatic heterocycles. The van der Waals surface area contributed by atoms with Gasteiger partial charge in [-0.1, -0.05) is 30.3 Å². The predicted octanol–water partition coefficient (Wildman–Crippen LogP) is 3.17. The van der Waals surface area contributed by atoms with Crippen LogP contribution < -0.4 is 11.1 Å². The maximum Gasteiger partial charge on any atom is 0.264 e. The van der Waals surface area contributed by atoms with Crippen LogP contribution in [0.25, 0.3) is 17.0 Å². The molecule has 0 atom stereocenters. The lowest BCUT2D eigenvalue weighted by Gasteiger charge is -2.01. The highest BCUT2D eigenvalue weighted by molar-refractivity contribution is 8.18. The van der Waals surface area contributed by atoms with Crippen LogP contribution in [-0.2, 0) is 11.8 Å². The number of aliphatic imine (C=N–C) groups is 1. The number of amidine groups is 1. The molecule has 3 N–H and O–H groups in total. The summed E-state index contributed by atoms with van der Waals surface area (Å²) in [6.07, 6.45) is 3.84. The summed E-state index contributed by atoms with van der Waals surface area (Å²) < 4.78 is 2.03. The zero-order chi connectivity index (χ0) is 19.0. The Bertz CT molecular complexity index is 1140. The lowest BCUT2D eigenvalue weighted by Crippen LogP contribution is -2.19. The summed E-state index contributed by atoms with van der Waals surface area (Å²) in [6.45, 7) is 0. The van der Waals surface area contributed by atoms with Crippen LogP contribution in [0.15, 0.2) is 64.6 Å². The molecule has 3 aromatic rings. The molecular formula is C20H16N4O2S. The van der Waals surface area contributed by atoms with Gasteiger partial charge in [0.05, 0.1) is 16.2 Å². The van der Waals surface area contributed by atoms with Crippen LogP contribution in [0.1, 0.15) is 15.9 Å². The van der Waals surface area contributed by atoms with Crippen molar-refractivity contribution in [2.75, 3.05) is 0 Å². The molecule has 4 rings (SSSR count). The average Bonchev–Trinajstić information content (AvgIpc) is 3.16. The fraction of sp³-hybridized carbons (Fsp3) is 0.0500. The van der Waals surface area contributed by atoms with Gasteiger partial charge in [-0.15, -0.1) is 0 Å². The molecule has 1 aliphatic rings. The number of aromatic nitrogens is 1. The van der Waals surface area contributed by atoms with Gasteiger partial charge in [0.2, 0.25) is 0 Å². The number of nitrogens with one attached hydrogen (secondary N) is 1. The van der Waals surface area contributed by atoms with Gasteiger partial charge in [0.1, 0.15) is 0 Å². The Balaban J connectivity index is 1.69. The van der Waals surface area contributed by atoms with E-state index in [0.29, 0.717) is 21.3 Å². The van der Waals surface area contributed by atoms with Crippen molar-refractivity contribution < 1.29 is 9.59 Å². The van der Waals surface area contributed by atoms with E-state index in [9.17, 15) is 9.59 Å². The monoisotopic (exact) mass is 376 g/mol. The molecule has 134 valence electrons. The summed E-state index contributed by atoms with van der Waals surface area (Å²) in [6, 6.07) is 14.8. The van der Waals surface area contributed by atoms with Crippen molar-refractivity contribution in [3.05, 3.63) is 70.8 Å². The molecule has 6 nitrogen and oxygen atoms in total. The summed E-state index contributed by atoms with van der Waals surface area (Å²) in [5, 5.41) is 4.23. The van der Waals surface area contributed by atoms with E-state index in [-0.39, 0.29) is 5.91 Å². The van der Waals surface area contributed by atoms with Crippen molar-refractivity contribution in [1.29, 1.82) is 0 Å². The van der Waals surface area contributed by atoms with Crippen molar-refractivity contribution >= 4 is 51.4 Å². The summed E-state index contributed by atoms with van der Waals surface area (Å²) in [4.78, 5) is 28.8. The zero-order valence-corrected chi connectivity index (χ0v) is 15.3. The minimum atomic E-state index is -0.559. The van der Waals surface area contributed by atoms with E-state index in [0.717, 1.165) is 16.5 Å². The maximum atomic E-state index is 12.4. The van der Waals surface area contributed by atoms with Crippen molar-refractivity contribution in [1.82, 2.24) is 9.88 Å². The second-order valence-electron chi connectivity index (χ2n) is 6.08. The summed E-state index contributed by atoms with van der Waals surface area (Å²) in [5.74, 6) is -0.779. The van der Waals surface area contributed by atoms with Gasteiger partial charge in [-0.2, -0.15) is 0 Å². The van der Waals surface area contributed by atoms with E-state index in [1.54, 1.807) is 24.3 Å². The van der Waals surface area contributed by atoms with E-state index in [2.05, 4.69) is 10.3 Å². The molecule has 0 spiro atoms. The van der Waals surface area contributed by atoms with Gasteiger partial charge in [-0.3, -0.25) is 9.59 Å². The molecule has 0 bridgehead atoms. The van der Waals surface area contributed by atoms with Gasteiger partial charge >= 0.3 is 0 Å². The van der Waals surface area contributed by atoms with Gasteiger partial charge in [0.25, 0.3) is 11.8 Å². The van der Waals surface area contributed by atoms with Gasteiger partial charge in [0, 0.05) is 29.7 Å². The number of thioether (sulfide) groups is 1. The first kappa shape index (κ1) is 17.1. The third-order valence-electron chi connectivity index (χ3n) is 4.26. The first-order valence-corrected chi connectivity index (χ1v) is 9.07. The van der Waals surface area contributed by atoms with E-state index in [4.69, 9.17) is 5.73 Å². The number of hydrogen-bond donors (Lipinski definition) is 2. The SMILES string of the molecule is Cn1cc(/C=C2\SC(=Nc3ccccc3C(N)=O)NC2=O)c2ccccc21. The highest BCUT2D eigenvalue weighted by Crippen LogP contribution is 2.31. The number of nitrogens with two attached hydrogens (primary N) is 1. The minimum absolute atomic E-state index is 0.219. The minimum Gasteiger partial charge on any atom is -0.366 e. The topological polar surface area (TPSA) is 89.5 Å². The van der Waals surface area contributed by atoms with Crippen molar-refractivity contribution in [3.8, 4) is 0 Å². The molecule has 1 saturated heterocycles. The Morgan fingerprint density at radius 1 is 1.19 bits per heavy atom. The molecule has 2 amide bonds. The molecule has 2 aromatic carbocycles. The largest absolute Gasteiger partial charge is 0.366 e. The van der Waals surface area contributed by atoms with Crippen molar-refractivity contribution in [2.24, 2.45) is 17.8 Å². The van der Waals surface area contributed by atoms with E-state index < -0.39 is 5.91 Å². The third-order valence-corrected chi connectivity index (χ3v) is 5.17. The Hall–Kier alpha value is -3.32. The molecule has 7 heteroatoms. The van der Waals surface area contributed by atoms with E-state index in [1.807, 2.05) is 48.2 Å². The highest BCUT2D eigenvalue weighted by atomic mass is 32.2. The number of primary amides is 1. The standard InChI is InChI=1S/C20H16N4O2S/c1-24-11-12(13-6-3-5-9-16(13)24)10-17-19(26)23-20(27-17)22-15-8-4-2-7-14(15)18(21)25/h2-11H,1H3,(H2,21,25)(H,22,23,26)/b17-10-. The Morgan fingerprint density at radius 3 is 2.74 bits per heavy atom. The molecule has 2 heterocycles. The molecule has 1 fully saturated rings. The fourth-order valence-corrected chi connectivity index (χ4v) is 3.82. The summed E-state index contributed by atoms with van der Waals surface area (Å²) in [5.41, 5.74) is 8.18. The fourth-order valence-electron chi connectivity index (χ4n) is 3.00. The molecule has 0 unspecified atom stereocenters. The van der Waals surface area contributed by atoms with Gasteiger partial charge in [-0.05, 0) is 36.0 Å². The lowest BCUT2D eigenvalue weighted by molar-refractivity contribution is -0.115. The van der Waals surface area contributed by atoms with E-state index in [1.165, 1.54) is 11.8 Å². The first-order chi connectivity index (χ1) is 13.0. The maximum absolute atomic E-state index is 12.4.